The van der Waals surface area contributed by atoms with Crippen LogP contribution >= 0.6 is 0 Å². The van der Waals surface area contributed by atoms with Gasteiger partial charge in [-0.25, -0.2) is 4.39 Å². The lowest BCUT2D eigenvalue weighted by Gasteiger charge is -2.08. The second-order valence-corrected chi connectivity index (χ2v) is 3.93. The van der Waals surface area contributed by atoms with Crippen molar-refractivity contribution in [1.82, 2.24) is 5.16 Å². The average Bonchev–Trinajstić information content (AvgIpc) is 2.67. The first kappa shape index (κ1) is 12.1. The van der Waals surface area contributed by atoms with Crippen molar-refractivity contribution >= 4 is 5.69 Å². The van der Waals surface area contributed by atoms with Gasteiger partial charge in [-0.1, -0.05) is 11.2 Å². The highest BCUT2D eigenvalue weighted by Crippen LogP contribution is 2.20. The molecule has 4 nitrogen and oxygen atoms in total. The van der Waals surface area contributed by atoms with Crippen molar-refractivity contribution < 1.29 is 8.91 Å². The molecule has 0 amide bonds. The number of rotatable bonds is 3. The fourth-order valence-corrected chi connectivity index (χ4v) is 1.72. The Balaban J connectivity index is 2.22. The first-order chi connectivity index (χ1) is 8.63. The van der Waals surface area contributed by atoms with Crippen molar-refractivity contribution in [3.05, 3.63) is 46.6 Å². The molecule has 5 heteroatoms. The second kappa shape index (κ2) is 4.88. The van der Waals surface area contributed by atoms with E-state index in [2.05, 4.69) is 10.5 Å². The van der Waals surface area contributed by atoms with Crippen LogP contribution in [-0.2, 0) is 6.54 Å². The summed E-state index contributed by atoms with van der Waals surface area (Å²) in [7, 11) is 0. The van der Waals surface area contributed by atoms with Crippen molar-refractivity contribution in [2.24, 2.45) is 0 Å². The highest BCUT2D eigenvalue weighted by atomic mass is 19.1. The number of halogens is 1. The van der Waals surface area contributed by atoms with E-state index in [0.29, 0.717) is 12.2 Å². The van der Waals surface area contributed by atoms with E-state index < -0.39 is 5.82 Å². The molecule has 2 rings (SSSR count). The highest BCUT2D eigenvalue weighted by Gasteiger charge is 2.11. The molecule has 1 aromatic carbocycles. The molecular weight excluding hydrogens is 233 g/mol. The summed E-state index contributed by atoms with van der Waals surface area (Å²) in [5.41, 5.74) is 2.19. The molecule has 0 bridgehead atoms. The number of aromatic nitrogens is 1. The van der Waals surface area contributed by atoms with Crippen LogP contribution < -0.4 is 5.32 Å². The Morgan fingerprint density at radius 2 is 2.22 bits per heavy atom. The smallest absolute Gasteiger partial charge is 0.143 e. The van der Waals surface area contributed by atoms with Gasteiger partial charge in [-0.15, -0.1) is 0 Å². The minimum absolute atomic E-state index is 0.0178. The minimum Gasteiger partial charge on any atom is -0.380 e. The lowest BCUT2D eigenvalue weighted by molar-refractivity contribution is 0.392. The van der Waals surface area contributed by atoms with Gasteiger partial charge in [-0.2, -0.15) is 5.26 Å². The first-order valence-corrected chi connectivity index (χ1v) is 5.47. The maximum Gasteiger partial charge on any atom is 0.143 e. The fraction of sp³-hybridized carbons (Fsp3) is 0.231. The third-order valence-corrected chi connectivity index (χ3v) is 2.76. The van der Waals surface area contributed by atoms with Crippen LogP contribution in [0.5, 0.6) is 0 Å². The third kappa shape index (κ3) is 2.18. The van der Waals surface area contributed by atoms with Crippen LogP contribution in [-0.4, -0.2) is 5.16 Å². The van der Waals surface area contributed by atoms with Crippen LogP contribution in [0.1, 0.15) is 22.6 Å². The summed E-state index contributed by atoms with van der Waals surface area (Å²) in [5.74, 6) is 0.191. The third-order valence-electron chi connectivity index (χ3n) is 2.76. The van der Waals surface area contributed by atoms with E-state index in [1.165, 1.54) is 6.07 Å². The van der Waals surface area contributed by atoms with Crippen LogP contribution in [0.4, 0.5) is 10.1 Å². The van der Waals surface area contributed by atoms with Gasteiger partial charge >= 0.3 is 0 Å². The molecule has 0 atom stereocenters. The Labute approximate surface area is 104 Å². The van der Waals surface area contributed by atoms with Gasteiger partial charge in [0.1, 0.15) is 23.2 Å². The number of hydrogen-bond acceptors (Lipinski definition) is 4. The molecule has 1 N–H and O–H groups in total. The standard InChI is InChI=1S/C13H12FN3O/c1-8-11(9(2)18-17-8)7-16-13-5-3-4-12(14)10(13)6-15/h3-5,16H,7H2,1-2H3. The normalized spacial score (nSPS) is 10.1. The summed E-state index contributed by atoms with van der Waals surface area (Å²) in [4.78, 5) is 0. The van der Waals surface area contributed by atoms with Crippen LogP contribution in [0, 0.1) is 31.0 Å². The Hall–Kier alpha value is -2.35. The number of nitrogens with zero attached hydrogens (tertiary/aromatic N) is 2. The monoisotopic (exact) mass is 245 g/mol. The zero-order chi connectivity index (χ0) is 13.1. The molecule has 0 aliphatic rings. The van der Waals surface area contributed by atoms with Crippen molar-refractivity contribution in [1.29, 1.82) is 5.26 Å². The van der Waals surface area contributed by atoms with Gasteiger partial charge in [0, 0.05) is 12.1 Å². The summed E-state index contributed by atoms with van der Waals surface area (Å²) in [6.07, 6.45) is 0. The number of benzene rings is 1. The molecular formula is C13H12FN3O. The molecule has 0 aliphatic carbocycles. The molecule has 92 valence electrons. The van der Waals surface area contributed by atoms with Crippen LogP contribution in [0.15, 0.2) is 22.7 Å². The summed E-state index contributed by atoms with van der Waals surface area (Å²) in [5, 5.41) is 15.8. The predicted molar refractivity (Wildman–Crippen MR) is 64.4 cm³/mol. The molecule has 0 fully saturated rings. The van der Waals surface area contributed by atoms with Crippen molar-refractivity contribution in [2.75, 3.05) is 5.32 Å². The lowest BCUT2D eigenvalue weighted by atomic mass is 10.1. The summed E-state index contributed by atoms with van der Waals surface area (Å²) in [6.45, 7) is 4.09. The zero-order valence-electron chi connectivity index (χ0n) is 10.1. The topological polar surface area (TPSA) is 61.9 Å². The number of anilines is 1. The Morgan fingerprint density at radius 1 is 1.44 bits per heavy atom. The van der Waals surface area contributed by atoms with Gasteiger partial charge in [0.2, 0.25) is 0 Å². The number of aryl methyl sites for hydroxylation is 2. The van der Waals surface area contributed by atoms with Gasteiger partial charge in [0.25, 0.3) is 0 Å². The molecule has 18 heavy (non-hydrogen) atoms. The molecule has 0 saturated carbocycles. The Morgan fingerprint density at radius 3 is 2.83 bits per heavy atom. The van der Waals surface area contributed by atoms with Crippen LogP contribution in [0.25, 0.3) is 0 Å². The molecule has 2 aromatic rings. The predicted octanol–water partition coefficient (Wildman–Crippen LogP) is 2.91. The van der Waals surface area contributed by atoms with Gasteiger partial charge in [0.05, 0.1) is 11.4 Å². The maximum atomic E-state index is 13.4. The largest absolute Gasteiger partial charge is 0.380 e. The molecule has 1 aromatic heterocycles. The second-order valence-electron chi connectivity index (χ2n) is 3.93. The van der Waals surface area contributed by atoms with Crippen molar-refractivity contribution in [3.8, 4) is 6.07 Å². The Bertz CT molecular complexity index is 594. The van der Waals surface area contributed by atoms with E-state index in [0.717, 1.165) is 17.0 Å². The summed E-state index contributed by atoms with van der Waals surface area (Å²) >= 11 is 0. The quantitative estimate of drug-likeness (QED) is 0.903. The highest BCUT2D eigenvalue weighted by molar-refractivity contribution is 5.58. The number of nitriles is 1. The van der Waals surface area contributed by atoms with Gasteiger partial charge in [-0.3, -0.25) is 0 Å². The van der Waals surface area contributed by atoms with E-state index >= 15 is 0 Å². The zero-order valence-corrected chi connectivity index (χ0v) is 10.1. The number of nitrogens with one attached hydrogen (secondary N) is 1. The number of hydrogen-bond donors (Lipinski definition) is 1. The van der Waals surface area contributed by atoms with Gasteiger partial charge in [-0.05, 0) is 26.0 Å². The van der Waals surface area contributed by atoms with E-state index in [1.54, 1.807) is 12.1 Å². The SMILES string of the molecule is Cc1noc(C)c1CNc1cccc(F)c1C#N. The van der Waals surface area contributed by atoms with E-state index in [-0.39, 0.29) is 5.56 Å². The summed E-state index contributed by atoms with van der Waals surface area (Å²) in [6, 6.07) is 6.34. The minimum atomic E-state index is -0.527. The van der Waals surface area contributed by atoms with Crippen LogP contribution in [0.2, 0.25) is 0 Å². The molecule has 0 aliphatic heterocycles. The van der Waals surface area contributed by atoms with E-state index in [4.69, 9.17) is 9.78 Å². The maximum absolute atomic E-state index is 13.4. The van der Waals surface area contributed by atoms with Crippen molar-refractivity contribution in [2.45, 2.75) is 20.4 Å². The molecule has 0 spiro atoms. The van der Waals surface area contributed by atoms with E-state index in [1.807, 2.05) is 19.9 Å². The molecule has 0 saturated heterocycles. The van der Waals surface area contributed by atoms with E-state index in [9.17, 15) is 4.39 Å². The Kier molecular flexibility index (Phi) is 3.28. The van der Waals surface area contributed by atoms with Crippen LogP contribution in [0.3, 0.4) is 0 Å². The van der Waals surface area contributed by atoms with Crippen molar-refractivity contribution in [3.63, 3.8) is 0 Å². The molecule has 0 unspecified atom stereocenters. The van der Waals surface area contributed by atoms with Gasteiger partial charge in [0.15, 0.2) is 0 Å². The first-order valence-electron chi connectivity index (χ1n) is 5.47. The van der Waals surface area contributed by atoms with Gasteiger partial charge < -0.3 is 9.84 Å². The molecule has 1 heterocycles. The summed E-state index contributed by atoms with van der Waals surface area (Å²) < 4.78 is 18.4. The lowest BCUT2D eigenvalue weighted by Crippen LogP contribution is -2.04. The molecule has 0 radical (unpaired) electrons. The average molecular weight is 245 g/mol. The fourth-order valence-electron chi connectivity index (χ4n) is 1.72.